The van der Waals surface area contributed by atoms with Crippen LogP contribution in [0.25, 0.3) is 0 Å². The van der Waals surface area contributed by atoms with E-state index in [0.29, 0.717) is 22.0 Å². The van der Waals surface area contributed by atoms with E-state index in [1.165, 1.54) is 30.3 Å². The summed E-state index contributed by atoms with van der Waals surface area (Å²) < 4.78 is 30.2. The van der Waals surface area contributed by atoms with Gasteiger partial charge in [0.25, 0.3) is 0 Å². The summed E-state index contributed by atoms with van der Waals surface area (Å²) in [7, 11) is -3.71. The van der Waals surface area contributed by atoms with Crippen LogP contribution >= 0.6 is 11.6 Å². The van der Waals surface area contributed by atoms with Crippen molar-refractivity contribution < 1.29 is 22.7 Å². The number of carbonyl (C=O) groups is 2. The molecule has 2 rings (SSSR count). The molecule has 9 heteroatoms. The molecule has 0 radical (unpaired) electrons. The van der Waals surface area contributed by atoms with Gasteiger partial charge in [0, 0.05) is 10.7 Å². The van der Waals surface area contributed by atoms with Gasteiger partial charge >= 0.3 is 5.97 Å². The topological polar surface area (TPSA) is 92.8 Å². The molecule has 1 amide bonds. The lowest BCUT2D eigenvalue weighted by atomic mass is 10.2. The molecule has 28 heavy (non-hydrogen) atoms. The first-order valence-corrected chi connectivity index (χ1v) is 10.7. The predicted octanol–water partition coefficient (Wildman–Crippen LogP) is 3.23. The summed E-state index contributed by atoms with van der Waals surface area (Å²) in [4.78, 5) is 24.0. The number of nitrogens with one attached hydrogen (secondary N) is 1. The van der Waals surface area contributed by atoms with Crippen molar-refractivity contribution in [2.45, 2.75) is 13.8 Å². The molecule has 1 N–H and O–H groups in total. The van der Waals surface area contributed by atoms with Crippen molar-refractivity contribution in [1.29, 1.82) is 0 Å². The first-order chi connectivity index (χ1) is 13.1. The van der Waals surface area contributed by atoms with Gasteiger partial charge in [-0.2, -0.15) is 0 Å². The summed E-state index contributed by atoms with van der Waals surface area (Å²) in [5.74, 6) is -0.995. The highest BCUT2D eigenvalue weighted by Crippen LogP contribution is 2.25. The quantitative estimate of drug-likeness (QED) is 0.689. The second-order valence-corrected chi connectivity index (χ2v) is 8.36. The molecule has 0 heterocycles. The van der Waals surface area contributed by atoms with E-state index in [4.69, 9.17) is 16.3 Å². The summed E-state index contributed by atoms with van der Waals surface area (Å²) in [6, 6.07) is 10.9. The van der Waals surface area contributed by atoms with Crippen molar-refractivity contribution in [2.75, 3.05) is 29.0 Å². The normalized spacial score (nSPS) is 11.0. The van der Waals surface area contributed by atoms with Gasteiger partial charge in [-0.1, -0.05) is 17.7 Å². The average Bonchev–Trinajstić information content (AvgIpc) is 2.62. The van der Waals surface area contributed by atoms with Gasteiger partial charge in [0.15, 0.2) is 0 Å². The van der Waals surface area contributed by atoms with E-state index in [1.807, 2.05) is 0 Å². The SMILES string of the molecule is CCOC(=O)c1ccc(NC(=O)CN(c2ccc(C)c(Cl)c2)S(C)(=O)=O)cc1. The van der Waals surface area contributed by atoms with Crippen molar-refractivity contribution in [3.63, 3.8) is 0 Å². The summed E-state index contributed by atoms with van der Waals surface area (Å²) in [6.07, 6.45) is 1.02. The molecule has 0 aliphatic heterocycles. The maximum atomic E-state index is 12.4. The van der Waals surface area contributed by atoms with Gasteiger partial charge < -0.3 is 10.1 Å². The third-order valence-electron chi connectivity index (χ3n) is 3.81. The molecule has 0 unspecified atom stereocenters. The van der Waals surface area contributed by atoms with E-state index in [0.717, 1.165) is 16.1 Å². The molecule has 0 aliphatic carbocycles. The number of carbonyl (C=O) groups excluding carboxylic acids is 2. The Hall–Kier alpha value is -2.58. The van der Waals surface area contributed by atoms with Crippen molar-refractivity contribution >= 4 is 44.9 Å². The summed E-state index contributed by atoms with van der Waals surface area (Å²) >= 11 is 6.08. The van der Waals surface area contributed by atoms with Crippen LogP contribution in [0.5, 0.6) is 0 Å². The number of rotatable bonds is 7. The minimum Gasteiger partial charge on any atom is -0.462 e. The number of amides is 1. The van der Waals surface area contributed by atoms with Crippen LogP contribution in [0.2, 0.25) is 5.02 Å². The number of esters is 1. The Morgan fingerprint density at radius 3 is 2.32 bits per heavy atom. The highest BCUT2D eigenvalue weighted by molar-refractivity contribution is 7.92. The smallest absolute Gasteiger partial charge is 0.338 e. The average molecular weight is 425 g/mol. The Bertz CT molecular complexity index is 974. The molecule has 2 aromatic rings. The molecule has 0 bridgehead atoms. The molecule has 0 aromatic heterocycles. The second kappa shape index (κ2) is 9.07. The lowest BCUT2D eigenvalue weighted by molar-refractivity contribution is -0.114. The molecule has 0 atom stereocenters. The monoisotopic (exact) mass is 424 g/mol. The van der Waals surface area contributed by atoms with Gasteiger partial charge in [0.1, 0.15) is 6.54 Å². The number of halogens is 1. The van der Waals surface area contributed by atoms with E-state index in [2.05, 4.69) is 5.32 Å². The number of hydrogen-bond acceptors (Lipinski definition) is 5. The Morgan fingerprint density at radius 1 is 1.14 bits per heavy atom. The third-order valence-corrected chi connectivity index (χ3v) is 5.36. The first kappa shape index (κ1) is 21.7. The standard InChI is InChI=1S/C19H21ClN2O5S/c1-4-27-19(24)14-6-8-15(9-7-14)21-18(23)12-22(28(3,25)26)16-10-5-13(2)17(20)11-16/h5-11H,4,12H2,1-3H3,(H,21,23). The number of sulfonamides is 1. The van der Waals surface area contributed by atoms with E-state index in [-0.39, 0.29) is 6.61 Å². The molecule has 150 valence electrons. The maximum Gasteiger partial charge on any atom is 0.338 e. The Morgan fingerprint density at radius 2 is 1.79 bits per heavy atom. The van der Waals surface area contributed by atoms with Crippen LogP contribution in [0.3, 0.4) is 0 Å². The lowest BCUT2D eigenvalue weighted by Gasteiger charge is -2.22. The van der Waals surface area contributed by atoms with Gasteiger partial charge in [0.2, 0.25) is 15.9 Å². The number of anilines is 2. The fraction of sp³-hybridized carbons (Fsp3) is 0.263. The van der Waals surface area contributed by atoms with Gasteiger partial charge in [-0.05, 0) is 55.8 Å². The summed E-state index contributed by atoms with van der Waals surface area (Å²) in [5.41, 5.74) is 1.87. The molecular formula is C19H21ClN2O5S. The van der Waals surface area contributed by atoms with Gasteiger partial charge in [0.05, 0.1) is 24.1 Å². The number of ether oxygens (including phenoxy) is 1. The van der Waals surface area contributed by atoms with Crippen LogP contribution in [-0.4, -0.2) is 39.7 Å². The van der Waals surface area contributed by atoms with E-state index < -0.39 is 28.4 Å². The van der Waals surface area contributed by atoms with Crippen molar-refractivity contribution in [1.82, 2.24) is 0 Å². The van der Waals surface area contributed by atoms with Crippen molar-refractivity contribution in [3.05, 3.63) is 58.6 Å². The molecule has 0 spiro atoms. The maximum absolute atomic E-state index is 12.4. The first-order valence-electron chi connectivity index (χ1n) is 8.42. The van der Waals surface area contributed by atoms with Gasteiger partial charge in [-0.3, -0.25) is 9.10 Å². The molecule has 0 saturated heterocycles. The third kappa shape index (κ3) is 5.71. The minimum absolute atomic E-state index is 0.266. The van der Waals surface area contributed by atoms with Crippen LogP contribution in [0, 0.1) is 6.92 Å². The summed E-state index contributed by atoms with van der Waals surface area (Å²) in [6.45, 7) is 3.35. The van der Waals surface area contributed by atoms with Crippen LogP contribution in [-0.2, 0) is 19.6 Å². The van der Waals surface area contributed by atoms with E-state index in [9.17, 15) is 18.0 Å². The lowest BCUT2D eigenvalue weighted by Crippen LogP contribution is -2.37. The van der Waals surface area contributed by atoms with Crippen molar-refractivity contribution in [2.24, 2.45) is 0 Å². The largest absolute Gasteiger partial charge is 0.462 e. The van der Waals surface area contributed by atoms with Gasteiger partial charge in [-0.15, -0.1) is 0 Å². The Kier molecular flexibility index (Phi) is 7.04. The van der Waals surface area contributed by atoms with Crippen molar-refractivity contribution in [3.8, 4) is 0 Å². The Balaban J connectivity index is 2.14. The molecule has 0 saturated carbocycles. The predicted molar refractivity (Wildman–Crippen MR) is 109 cm³/mol. The van der Waals surface area contributed by atoms with Gasteiger partial charge in [-0.25, -0.2) is 13.2 Å². The minimum atomic E-state index is -3.71. The zero-order valence-corrected chi connectivity index (χ0v) is 17.3. The van der Waals surface area contributed by atoms with Crippen LogP contribution < -0.4 is 9.62 Å². The molecule has 2 aromatic carbocycles. The summed E-state index contributed by atoms with van der Waals surface area (Å²) in [5, 5.41) is 3.01. The molecule has 0 aliphatic rings. The fourth-order valence-electron chi connectivity index (χ4n) is 2.37. The number of nitrogens with zero attached hydrogens (tertiary/aromatic N) is 1. The molecule has 0 fully saturated rings. The van der Waals surface area contributed by atoms with Crippen LogP contribution in [0.15, 0.2) is 42.5 Å². The van der Waals surface area contributed by atoms with Crippen LogP contribution in [0.4, 0.5) is 11.4 Å². The van der Waals surface area contributed by atoms with E-state index in [1.54, 1.807) is 26.0 Å². The fourth-order valence-corrected chi connectivity index (χ4v) is 3.39. The van der Waals surface area contributed by atoms with E-state index >= 15 is 0 Å². The highest BCUT2D eigenvalue weighted by atomic mass is 35.5. The second-order valence-electron chi connectivity index (χ2n) is 6.05. The molecular weight excluding hydrogens is 404 g/mol. The number of hydrogen-bond donors (Lipinski definition) is 1. The van der Waals surface area contributed by atoms with Crippen LogP contribution in [0.1, 0.15) is 22.8 Å². The highest BCUT2D eigenvalue weighted by Gasteiger charge is 2.21. The zero-order chi connectivity index (χ0) is 20.9. The number of benzene rings is 2. The number of aryl methyl sites for hydroxylation is 1. The molecule has 7 nitrogen and oxygen atoms in total. The Labute approximate surface area is 169 Å². The zero-order valence-electron chi connectivity index (χ0n) is 15.7.